The maximum Gasteiger partial charge on any atom is 0.136 e. The second-order valence-electron chi connectivity index (χ2n) is 6.27. The predicted molar refractivity (Wildman–Crippen MR) is 82.8 cm³/mol. The Bertz CT molecular complexity index is 569. The Hall–Kier alpha value is -1.32. The van der Waals surface area contributed by atoms with Gasteiger partial charge in [0, 0.05) is 5.39 Å². The average molecular weight is 275 g/mol. The molecule has 0 amide bonds. The summed E-state index contributed by atoms with van der Waals surface area (Å²) in [7, 11) is 0. The van der Waals surface area contributed by atoms with Crippen LogP contribution in [0.2, 0.25) is 0 Å². The summed E-state index contributed by atoms with van der Waals surface area (Å²) >= 11 is 0. The van der Waals surface area contributed by atoms with Crippen LogP contribution in [0.25, 0.3) is 11.0 Å². The topological polar surface area (TPSA) is 45.4 Å². The second-order valence-corrected chi connectivity index (χ2v) is 6.27. The van der Waals surface area contributed by atoms with Crippen molar-refractivity contribution >= 4 is 11.0 Å². The predicted octanol–water partition coefficient (Wildman–Crippen LogP) is 3.58. The van der Waals surface area contributed by atoms with Gasteiger partial charge in [-0.3, -0.25) is 0 Å². The standard InChI is InChI=1S/C17H25NO2/c1-12(2)11-18-8-7-17(4,19)16-10-14-9-13(3)5-6-15(14)20-16/h5-6,9-10,12,18-19H,7-8,11H2,1-4H3. The summed E-state index contributed by atoms with van der Waals surface area (Å²) in [5, 5.41) is 15.0. The van der Waals surface area contributed by atoms with Gasteiger partial charge in [-0.25, -0.2) is 0 Å². The van der Waals surface area contributed by atoms with Crippen LogP contribution in [0.15, 0.2) is 28.7 Å². The Morgan fingerprint density at radius 3 is 2.75 bits per heavy atom. The van der Waals surface area contributed by atoms with E-state index in [0.29, 0.717) is 18.1 Å². The van der Waals surface area contributed by atoms with E-state index in [1.807, 2.05) is 25.1 Å². The first-order chi connectivity index (χ1) is 9.38. The van der Waals surface area contributed by atoms with Crippen molar-refractivity contribution < 1.29 is 9.52 Å². The third-order valence-corrected chi connectivity index (χ3v) is 3.54. The van der Waals surface area contributed by atoms with Gasteiger partial charge >= 0.3 is 0 Å². The molecular weight excluding hydrogens is 250 g/mol. The molecule has 3 heteroatoms. The molecule has 2 rings (SSSR count). The number of nitrogens with one attached hydrogen (secondary N) is 1. The summed E-state index contributed by atoms with van der Waals surface area (Å²) < 4.78 is 5.79. The molecule has 1 unspecified atom stereocenters. The Morgan fingerprint density at radius 2 is 2.05 bits per heavy atom. The van der Waals surface area contributed by atoms with Gasteiger partial charge in [-0.1, -0.05) is 25.5 Å². The number of fused-ring (bicyclic) bond motifs is 1. The van der Waals surface area contributed by atoms with Crippen molar-refractivity contribution in [1.82, 2.24) is 5.32 Å². The minimum absolute atomic E-state index is 0.620. The number of hydrogen-bond donors (Lipinski definition) is 2. The summed E-state index contributed by atoms with van der Waals surface area (Å²) in [5.74, 6) is 1.26. The Morgan fingerprint density at radius 1 is 1.30 bits per heavy atom. The number of rotatable bonds is 6. The Balaban J connectivity index is 2.06. The van der Waals surface area contributed by atoms with E-state index in [1.165, 1.54) is 5.56 Å². The lowest BCUT2D eigenvalue weighted by atomic mass is 9.98. The van der Waals surface area contributed by atoms with Gasteiger partial charge in [-0.15, -0.1) is 0 Å². The molecule has 20 heavy (non-hydrogen) atoms. The average Bonchev–Trinajstić information content (AvgIpc) is 2.78. The van der Waals surface area contributed by atoms with E-state index in [0.717, 1.165) is 24.1 Å². The summed E-state index contributed by atoms with van der Waals surface area (Å²) in [6, 6.07) is 8.01. The lowest BCUT2D eigenvalue weighted by Crippen LogP contribution is -2.29. The molecule has 2 aromatic rings. The fraction of sp³-hybridized carbons (Fsp3) is 0.529. The highest BCUT2D eigenvalue weighted by atomic mass is 16.4. The highest BCUT2D eigenvalue weighted by molar-refractivity contribution is 5.78. The minimum Gasteiger partial charge on any atom is -0.458 e. The molecule has 2 N–H and O–H groups in total. The van der Waals surface area contributed by atoms with Crippen molar-refractivity contribution in [3.05, 3.63) is 35.6 Å². The number of benzene rings is 1. The molecule has 1 aromatic heterocycles. The zero-order chi connectivity index (χ0) is 14.8. The van der Waals surface area contributed by atoms with Crippen LogP contribution in [-0.4, -0.2) is 18.2 Å². The van der Waals surface area contributed by atoms with Crippen LogP contribution >= 0.6 is 0 Å². The van der Waals surface area contributed by atoms with Crippen molar-refractivity contribution in [2.45, 2.75) is 39.7 Å². The molecule has 1 aromatic carbocycles. The largest absolute Gasteiger partial charge is 0.458 e. The van der Waals surface area contributed by atoms with Gasteiger partial charge in [0.15, 0.2) is 0 Å². The molecule has 0 aliphatic heterocycles. The molecule has 3 nitrogen and oxygen atoms in total. The summed E-state index contributed by atoms with van der Waals surface area (Å²) in [6.45, 7) is 9.96. The van der Waals surface area contributed by atoms with E-state index in [2.05, 4.69) is 32.2 Å². The van der Waals surface area contributed by atoms with Gasteiger partial charge in [0.1, 0.15) is 16.9 Å². The summed E-state index contributed by atoms with van der Waals surface area (Å²) in [5.41, 5.74) is 1.10. The van der Waals surface area contributed by atoms with E-state index >= 15 is 0 Å². The SMILES string of the molecule is Cc1ccc2oc(C(C)(O)CCNCC(C)C)cc2c1. The second kappa shape index (κ2) is 5.98. The molecule has 0 radical (unpaired) electrons. The number of hydrogen-bond acceptors (Lipinski definition) is 3. The van der Waals surface area contributed by atoms with Crippen molar-refractivity contribution in [3.8, 4) is 0 Å². The summed E-state index contributed by atoms with van der Waals surface area (Å²) in [4.78, 5) is 0. The maximum atomic E-state index is 10.6. The lowest BCUT2D eigenvalue weighted by molar-refractivity contribution is 0.0270. The molecule has 1 heterocycles. The lowest BCUT2D eigenvalue weighted by Gasteiger charge is -2.21. The van der Waals surface area contributed by atoms with E-state index in [4.69, 9.17) is 4.42 Å². The van der Waals surface area contributed by atoms with Crippen LogP contribution in [-0.2, 0) is 5.60 Å². The fourth-order valence-electron chi connectivity index (χ4n) is 2.27. The zero-order valence-corrected chi connectivity index (χ0v) is 12.9. The first-order valence-electron chi connectivity index (χ1n) is 7.32. The zero-order valence-electron chi connectivity index (χ0n) is 12.9. The quantitative estimate of drug-likeness (QED) is 0.792. The highest BCUT2D eigenvalue weighted by Crippen LogP contribution is 2.30. The minimum atomic E-state index is -0.934. The van der Waals surface area contributed by atoms with E-state index in [9.17, 15) is 5.11 Å². The monoisotopic (exact) mass is 275 g/mol. The smallest absolute Gasteiger partial charge is 0.136 e. The van der Waals surface area contributed by atoms with E-state index < -0.39 is 5.60 Å². The highest BCUT2D eigenvalue weighted by Gasteiger charge is 2.26. The fourth-order valence-corrected chi connectivity index (χ4v) is 2.27. The van der Waals surface area contributed by atoms with Crippen LogP contribution in [0.1, 0.15) is 38.5 Å². The van der Waals surface area contributed by atoms with E-state index in [-0.39, 0.29) is 0 Å². The molecule has 0 aliphatic carbocycles. The van der Waals surface area contributed by atoms with Gasteiger partial charge in [0.05, 0.1) is 0 Å². The maximum absolute atomic E-state index is 10.6. The molecule has 110 valence electrons. The van der Waals surface area contributed by atoms with Gasteiger partial charge in [-0.05, 0) is 57.5 Å². The Kier molecular flexibility index (Phi) is 4.51. The normalized spacial score (nSPS) is 14.9. The van der Waals surface area contributed by atoms with Gasteiger partial charge < -0.3 is 14.8 Å². The third-order valence-electron chi connectivity index (χ3n) is 3.54. The molecule has 0 saturated heterocycles. The van der Waals surface area contributed by atoms with Gasteiger partial charge in [-0.2, -0.15) is 0 Å². The van der Waals surface area contributed by atoms with E-state index in [1.54, 1.807) is 0 Å². The van der Waals surface area contributed by atoms with Gasteiger partial charge in [0.2, 0.25) is 0 Å². The van der Waals surface area contributed by atoms with Crippen molar-refractivity contribution in [3.63, 3.8) is 0 Å². The van der Waals surface area contributed by atoms with Crippen LogP contribution < -0.4 is 5.32 Å². The molecule has 0 aliphatic rings. The number of aryl methyl sites for hydroxylation is 1. The third kappa shape index (κ3) is 3.62. The number of aliphatic hydroxyl groups is 1. The molecule has 1 atom stereocenters. The van der Waals surface area contributed by atoms with Crippen molar-refractivity contribution in [2.75, 3.05) is 13.1 Å². The molecule has 0 fully saturated rings. The van der Waals surface area contributed by atoms with Crippen molar-refractivity contribution in [2.24, 2.45) is 5.92 Å². The number of furan rings is 1. The molecule has 0 spiro atoms. The van der Waals surface area contributed by atoms with Crippen LogP contribution in [0.5, 0.6) is 0 Å². The van der Waals surface area contributed by atoms with Crippen LogP contribution in [0.4, 0.5) is 0 Å². The summed E-state index contributed by atoms with van der Waals surface area (Å²) in [6.07, 6.45) is 0.637. The van der Waals surface area contributed by atoms with Crippen molar-refractivity contribution in [1.29, 1.82) is 0 Å². The first-order valence-corrected chi connectivity index (χ1v) is 7.32. The van der Waals surface area contributed by atoms with Gasteiger partial charge in [0.25, 0.3) is 0 Å². The molecule has 0 bridgehead atoms. The molecule has 0 saturated carbocycles. The van der Waals surface area contributed by atoms with Crippen LogP contribution in [0.3, 0.4) is 0 Å². The van der Waals surface area contributed by atoms with Crippen LogP contribution in [0, 0.1) is 12.8 Å². The molecular formula is C17H25NO2. The first kappa shape index (κ1) is 15.1. The Labute approximate surface area is 121 Å².